The summed E-state index contributed by atoms with van der Waals surface area (Å²) in [6, 6.07) is 7.19. The van der Waals surface area contributed by atoms with Crippen LogP contribution in [0.2, 0.25) is 0 Å². The molecular weight excluding hydrogens is 245 g/mol. The summed E-state index contributed by atoms with van der Waals surface area (Å²) in [6.07, 6.45) is 1.10. The molecule has 18 heavy (non-hydrogen) atoms. The fourth-order valence-electron chi connectivity index (χ4n) is 1.74. The Labute approximate surface area is 115 Å². The van der Waals surface area contributed by atoms with Crippen LogP contribution in [0.15, 0.2) is 24.3 Å². The largest absolute Gasteiger partial charge is 0.309 e. The standard InChI is InChI=1S/C15H24FNS/c1-4-8-17-15(11-18-10-12(2)3)13-6-5-7-14(16)9-13/h5-7,9,12,15,17H,4,8,10-11H2,1-3H3. The number of thioether (sulfide) groups is 1. The minimum Gasteiger partial charge on any atom is -0.309 e. The maximum atomic E-state index is 13.3. The Morgan fingerprint density at radius 1 is 1.28 bits per heavy atom. The van der Waals surface area contributed by atoms with Crippen LogP contribution < -0.4 is 5.32 Å². The third kappa shape index (κ3) is 5.87. The monoisotopic (exact) mass is 269 g/mol. The molecule has 1 aromatic rings. The van der Waals surface area contributed by atoms with E-state index < -0.39 is 0 Å². The molecule has 0 aliphatic carbocycles. The van der Waals surface area contributed by atoms with E-state index in [4.69, 9.17) is 0 Å². The number of rotatable bonds is 8. The predicted molar refractivity (Wildman–Crippen MR) is 79.6 cm³/mol. The first kappa shape index (κ1) is 15.5. The minimum atomic E-state index is -0.148. The molecular formula is C15H24FNS. The van der Waals surface area contributed by atoms with E-state index in [0.717, 1.165) is 30.0 Å². The molecule has 0 aromatic heterocycles. The van der Waals surface area contributed by atoms with Crippen molar-refractivity contribution in [3.63, 3.8) is 0 Å². The second kappa shape index (κ2) is 8.54. The third-order valence-electron chi connectivity index (χ3n) is 2.63. The van der Waals surface area contributed by atoms with Gasteiger partial charge in [0.25, 0.3) is 0 Å². The zero-order chi connectivity index (χ0) is 13.4. The SMILES string of the molecule is CCCNC(CSCC(C)C)c1cccc(F)c1. The van der Waals surface area contributed by atoms with Gasteiger partial charge in [-0.2, -0.15) is 11.8 Å². The summed E-state index contributed by atoms with van der Waals surface area (Å²) in [5.41, 5.74) is 1.06. The smallest absolute Gasteiger partial charge is 0.123 e. The van der Waals surface area contributed by atoms with Gasteiger partial charge < -0.3 is 5.32 Å². The maximum absolute atomic E-state index is 13.3. The summed E-state index contributed by atoms with van der Waals surface area (Å²) in [7, 11) is 0. The molecule has 0 saturated heterocycles. The van der Waals surface area contributed by atoms with Crippen LogP contribution in [0.1, 0.15) is 38.8 Å². The Bertz CT molecular complexity index is 341. The van der Waals surface area contributed by atoms with Crippen molar-refractivity contribution < 1.29 is 4.39 Å². The molecule has 1 aromatic carbocycles. The maximum Gasteiger partial charge on any atom is 0.123 e. The lowest BCUT2D eigenvalue weighted by Crippen LogP contribution is -2.24. The van der Waals surface area contributed by atoms with E-state index in [1.54, 1.807) is 12.1 Å². The van der Waals surface area contributed by atoms with Crippen LogP contribution in [-0.4, -0.2) is 18.1 Å². The molecule has 0 spiro atoms. The highest BCUT2D eigenvalue weighted by molar-refractivity contribution is 7.99. The second-order valence-corrected chi connectivity index (χ2v) is 6.07. The van der Waals surface area contributed by atoms with Crippen molar-refractivity contribution in [2.75, 3.05) is 18.1 Å². The van der Waals surface area contributed by atoms with Gasteiger partial charge in [-0.25, -0.2) is 4.39 Å². The highest BCUT2D eigenvalue weighted by atomic mass is 32.2. The summed E-state index contributed by atoms with van der Waals surface area (Å²) < 4.78 is 13.3. The lowest BCUT2D eigenvalue weighted by Gasteiger charge is -2.19. The van der Waals surface area contributed by atoms with Crippen LogP contribution in [0, 0.1) is 11.7 Å². The van der Waals surface area contributed by atoms with Gasteiger partial charge in [0.2, 0.25) is 0 Å². The molecule has 1 unspecified atom stereocenters. The summed E-state index contributed by atoms with van der Waals surface area (Å²) in [6.45, 7) is 7.58. The van der Waals surface area contributed by atoms with E-state index >= 15 is 0 Å². The average Bonchev–Trinajstić information content (AvgIpc) is 2.33. The van der Waals surface area contributed by atoms with Gasteiger partial charge in [-0.1, -0.05) is 32.9 Å². The average molecular weight is 269 g/mol. The second-order valence-electron chi connectivity index (χ2n) is 4.99. The molecule has 3 heteroatoms. The van der Waals surface area contributed by atoms with Gasteiger partial charge >= 0.3 is 0 Å². The fourth-order valence-corrected chi connectivity index (χ4v) is 2.89. The Kier molecular flexibility index (Phi) is 7.36. The molecule has 1 N–H and O–H groups in total. The molecule has 0 aliphatic heterocycles. The first-order valence-corrected chi connectivity index (χ1v) is 7.85. The number of benzene rings is 1. The molecule has 0 aliphatic rings. The van der Waals surface area contributed by atoms with Crippen LogP contribution in [0.3, 0.4) is 0 Å². The van der Waals surface area contributed by atoms with E-state index in [2.05, 4.69) is 26.1 Å². The van der Waals surface area contributed by atoms with Crippen molar-refractivity contribution in [1.82, 2.24) is 5.32 Å². The van der Waals surface area contributed by atoms with E-state index in [-0.39, 0.29) is 11.9 Å². The highest BCUT2D eigenvalue weighted by Gasteiger charge is 2.11. The molecule has 0 fully saturated rings. The molecule has 0 amide bonds. The van der Waals surface area contributed by atoms with Crippen LogP contribution in [0.4, 0.5) is 4.39 Å². The van der Waals surface area contributed by atoms with Crippen LogP contribution in [0.5, 0.6) is 0 Å². The number of hydrogen-bond donors (Lipinski definition) is 1. The van der Waals surface area contributed by atoms with Crippen LogP contribution >= 0.6 is 11.8 Å². The topological polar surface area (TPSA) is 12.0 Å². The molecule has 0 bridgehead atoms. The van der Waals surface area contributed by atoms with Gasteiger partial charge in [-0.15, -0.1) is 0 Å². The summed E-state index contributed by atoms with van der Waals surface area (Å²) >= 11 is 1.94. The first-order chi connectivity index (χ1) is 8.63. The normalized spacial score (nSPS) is 12.9. The molecule has 0 heterocycles. The zero-order valence-corrected chi connectivity index (χ0v) is 12.4. The molecule has 0 radical (unpaired) electrons. The third-order valence-corrected chi connectivity index (χ3v) is 4.10. The van der Waals surface area contributed by atoms with Gasteiger partial charge in [-0.05, 0) is 42.3 Å². The Morgan fingerprint density at radius 3 is 2.67 bits per heavy atom. The Hall–Kier alpha value is -0.540. The molecule has 1 rings (SSSR count). The van der Waals surface area contributed by atoms with Crippen molar-refractivity contribution >= 4 is 11.8 Å². The molecule has 1 atom stereocenters. The Morgan fingerprint density at radius 2 is 2.06 bits per heavy atom. The van der Waals surface area contributed by atoms with E-state index in [1.807, 2.05) is 17.8 Å². The fraction of sp³-hybridized carbons (Fsp3) is 0.600. The quantitative estimate of drug-likeness (QED) is 0.757. The number of nitrogens with one attached hydrogen (secondary N) is 1. The van der Waals surface area contributed by atoms with E-state index in [1.165, 1.54) is 6.07 Å². The van der Waals surface area contributed by atoms with Crippen molar-refractivity contribution in [3.05, 3.63) is 35.6 Å². The lowest BCUT2D eigenvalue weighted by molar-refractivity contribution is 0.567. The van der Waals surface area contributed by atoms with Crippen molar-refractivity contribution in [3.8, 4) is 0 Å². The van der Waals surface area contributed by atoms with Crippen molar-refractivity contribution in [2.45, 2.75) is 33.2 Å². The van der Waals surface area contributed by atoms with Gasteiger partial charge in [-0.3, -0.25) is 0 Å². The molecule has 1 nitrogen and oxygen atoms in total. The number of hydrogen-bond acceptors (Lipinski definition) is 2. The van der Waals surface area contributed by atoms with Crippen LogP contribution in [0.25, 0.3) is 0 Å². The van der Waals surface area contributed by atoms with Crippen molar-refractivity contribution in [1.29, 1.82) is 0 Å². The van der Waals surface area contributed by atoms with Crippen molar-refractivity contribution in [2.24, 2.45) is 5.92 Å². The summed E-state index contributed by atoms with van der Waals surface area (Å²) in [4.78, 5) is 0. The van der Waals surface area contributed by atoms with E-state index in [0.29, 0.717) is 5.92 Å². The summed E-state index contributed by atoms with van der Waals surface area (Å²) in [5, 5.41) is 3.50. The zero-order valence-electron chi connectivity index (χ0n) is 11.6. The summed E-state index contributed by atoms with van der Waals surface area (Å²) in [5.74, 6) is 2.71. The van der Waals surface area contributed by atoms with Crippen LogP contribution in [-0.2, 0) is 0 Å². The van der Waals surface area contributed by atoms with Gasteiger partial charge in [0.05, 0.1) is 0 Å². The van der Waals surface area contributed by atoms with Gasteiger partial charge in [0.15, 0.2) is 0 Å². The molecule has 0 saturated carbocycles. The highest BCUT2D eigenvalue weighted by Crippen LogP contribution is 2.20. The predicted octanol–water partition coefficient (Wildman–Crippen LogP) is 4.26. The first-order valence-electron chi connectivity index (χ1n) is 6.70. The molecule has 102 valence electrons. The lowest BCUT2D eigenvalue weighted by atomic mass is 10.1. The van der Waals surface area contributed by atoms with E-state index in [9.17, 15) is 4.39 Å². The van der Waals surface area contributed by atoms with Gasteiger partial charge in [0.1, 0.15) is 5.82 Å². The minimum absolute atomic E-state index is 0.148. The van der Waals surface area contributed by atoms with Gasteiger partial charge in [0, 0.05) is 11.8 Å². The number of halogens is 1. The Balaban J connectivity index is 2.59.